The minimum Gasteiger partial charge on any atom is -0.507 e. The Morgan fingerprint density at radius 3 is 2.44 bits per heavy atom. The van der Waals surface area contributed by atoms with Gasteiger partial charge in [0.2, 0.25) is 0 Å². The van der Waals surface area contributed by atoms with Crippen LogP contribution in [0.5, 0.6) is 5.75 Å². The summed E-state index contributed by atoms with van der Waals surface area (Å²) in [4.78, 5) is 26.9. The number of benzene rings is 2. The lowest BCUT2D eigenvalue weighted by Gasteiger charge is -2.27. The number of phenols is 1. The van der Waals surface area contributed by atoms with Crippen molar-refractivity contribution in [2.75, 3.05) is 6.54 Å². The number of amides is 2. The summed E-state index contributed by atoms with van der Waals surface area (Å²) < 4.78 is 0.512. The van der Waals surface area contributed by atoms with E-state index in [4.69, 9.17) is 0 Å². The minimum atomic E-state index is -0.315. The van der Waals surface area contributed by atoms with Crippen LogP contribution in [0, 0.1) is 0 Å². The highest BCUT2D eigenvalue weighted by Gasteiger charge is 2.33. The zero-order valence-corrected chi connectivity index (χ0v) is 15.9. The van der Waals surface area contributed by atoms with E-state index >= 15 is 0 Å². The van der Waals surface area contributed by atoms with Crippen LogP contribution in [0.4, 0.5) is 0 Å². The monoisotopic (exact) mass is 403 g/mol. The summed E-state index contributed by atoms with van der Waals surface area (Å²) in [6.45, 7) is 2.60. The minimum absolute atomic E-state index is 0.0156. The van der Waals surface area contributed by atoms with Crippen molar-refractivity contribution in [1.82, 2.24) is 4.90 Å². The molecule has 1 N–H and O–H groups in total. The lowest BCUT2D eigenvalue weighted by molar-refractivity contribution is 0.0607. The Balaban J connectivity index is 1.85. The van der Waals surface area contributed by atoms with Gasteiger partial charge in [-0.25, -0.2) is 0 Å². The van der Waals surface area contributed by atoms with Gasteiger partial charge in [-0.15, -0.1) is 0 Å². The molecule has 0 saturated carbocycles. The van der Waals surface area contributed by atoms with Gasteiger partial charge in [0.25, 0.3) is 11.8 Å². The van der Waals surface area contributed by atoms with Crippen molar-refractivity contribution in [2.45, 2.75) is 45.4 Å². The standard InChI is InChI=1S/C20H22BrNO3/c1-2-3-4-5-6-7-11-22-19(24)14-10-8-9-13-17(14)15(20(22)25)12-16(23)18(13)21/h8-10,12,23H,2-7,11H2,1H3. The topological polar surface area (TPSA) is 57.6 Å². The number of phenolic OH excluding ortho intramolecular Hbond substituents is 1. The SMILES string of the molecule is CCCCCCCCN1C(=O)c2cccc3c(Br)c(O)cc(c23)C1=O. The summed E-state index contributed by atoms with van der Waals surface area (Å²) in [6.07, 6.45) is 6.58. The smallest absolute Gasteiger partial charge is 0.261 e. The maximum atomic E-state index is 12.8. The summed E-state index contributed by atoms with van der Waals surface area (Å²) in [5, 5.41) is 11.4. The van der Waals surface area contributed by atoms with Gasteiger partial charge in [0.05, 0.1) is 10.0 Å². The molecule has 25 heavy (non-hydrogen) atoms. The molecule has 0 spiro atoms. The molecule has 0 fully saturated rings. The Bertz CT molecular complexity index is 831. The van der Waals surface area contributed by atoms with Crippen molar-refractivity contribution in [1.29, 1.82) is 0 Å². The third-order valence-corrected chi connectivity index (χ3v) is 5.60. The van der Waals surface area contributed by atoms with E-state index in [1.54, 1.807) is 18.2 Å². The van der Waals surface area contributed by atoms with E-state index in [1.165, 1.54) is 30.2 Å². The molecule has 2 amide bonds. The number of unbranched alkanes of at least 4 members (excludes halogenated alkanes) is 5. The number of imide groups is 1. The van der Waals surface area contributed by atoms with Gasteiger partial charge in [0.1, 0.15) is 5.75 Å². The van der Waals surface area contributed by atoms with Crippen LogP contribution in [-0.4, -0.2) is 28.4 Å². The Kier molecular flexibility index (Phi) is 5.42. The van der Waals surface area contributed by atoms with Crippen molar-refractivity contribution >= 4 is 38.5 Å². The summed E-state index contributed by atoms with van der Waals surface area (Å²) in [5.74, 6) is -0.541. The van der Waals surface area contributed by atoms with Gasteiger partial charge in [0.15, 0.2) is 0 Å². The molecule has 3 rings (SSSR count). The molecule has 1 aliphatic rings. The predicted molar refractivity (Wildman–Crippen MR) is 102 cm³/mol. The largest absolute Gasteiger partial charge is 0.507 e. The van der Waals surface area contributed by atoms with Crippen molar-refractivity contribution in [3.05, 3.63) is 39.9 Å². The molecule has 2 aromatic rings. The second-order valence-corrected chi connectivity index (χ2v) is 7.31. The number of nitrogens with zero attached hydrogens (tertiary/aromatic N) is 1. The molecule has 1 aliphatic heterocycles. The molecule has 2 aromatic carbocycles. The van der Waals surface area contributed by atoms with Crippen LogP contribution in [0.15, 0.2) is 28.7 Å². The molecular weight excluding hydrogens is 382 g/mol. The predicted octanol–water partition coefficient (Wildman–Crippen LogP) is 5.26. The van der Waals surface area contributed by atoms with E-state index < -0.39 is 0 Å². The van der Waals surface area contributed by atoms with E-state index in [-0.39, 0.29) is 17.6 Å². The normalized spacial score (nSPS) is 13.8. The van der Waals surface area contributed by atoms with Crippen LogP contribution in [0.1, 0.15) is 66.2 Å². The third kappa shape index (κ3) is 3.30. The second-order valence-electron chi connectivity index (χ2n) is 6.52. The molecule has 0 radical (unpaired) electrons. The van der Waals surface area contributed by atoms with Crippen LogP contribution in [-0.2, 0) is 0 Å². The van der Waals surface area contributed by atoms with Gasteiger partial charge < -0.3 is 5.11 Å². The lowest BCUT2D eigenvalue weighted by Crippen LogP contribution is -2.40. The second kappa shape index (κ2) is 7.56. The average Bonchev–Trinajstić information content (AvgIpc) is 2.61. The number of halogens is 1. The molecule has 5 heteroatoms. The fourth-order valence-corrected chi connectivity index (χ4v) is 3.86. The Labute approximate surface area is 156 Å². The maximum absolute atomic E-state index is 12.8. The van der Waals surface area contributed by atoms with E-state index in [9.17, 15) is 14.7 Å². The zero-order valence-electron chi connectivity index (χ0n) is 14.3. The number of carbonyl (C=O) groups is 2. The maximum Gasteiger partial charge on any atom is 0.261 e. The first-order valence-electron chi connectivity index (χ1n) is 8.86. The van der Waals surface area contributed by atoms with Crippen molar-refractivity contribution in [3.63, 3.8) is 0 Å². The van der Waals surface area contributed by atoms with Gasteiger partial charge in [-0.3, -0.25) is 14.5 Å². The summed E-state index contributed by atoms with van der Waals surface area (Å²) >= 11 is 3.34. The number of hydrogen-bond acceptors (Lipinski definition) is 3. The van der Waals surface area contributed by atoms with E-state index in [0.717, 1.165) is 19.3 Å². The molecule has 0 atom stereocenters. The van der Waals surface area contributed by atoms with Gasteiger partial charge in [-0.05, 0) is 34.5 Å². The fraction of sp³-hybridized carbons (Fsp3) is 0.400. The Morgan fingerprint density at radius 2 is 1.68 bits per heavy atom. The summed E-state index contributed by atoms with van der Waals surface area (Å²) in [7, 11) is 0. The van der Waals surface area contributed by atoms with Crippen LogP contribution < -0.4 is 0 Å². The molecule has 0 unspecified atom stereocenters. The molecule has 132 valence electrons. The number of hydrogen-bond donors (Lipinski definition) is 1. The quantitative estimate of drug-likeness (QED) is 0.506. The highest BCUT2D eigenvalue weighted by molar-refractivity contribution is 9.10. The third-order valence-electron chi connectivity index (χ3n) is 4.76. The van der Waals surface area contributed by atoms with Crippen molar-refractivity contribution in [2.24, 2.45) is 0 Å². The summed E-state index contributed by atoms with van der Waals surface area (Å²) in [6, 6.07) is 6.79. The van der Waals surface area contributed by atoms with Gasteiger partial charge in [-0.2, -0.15) is 0 Å². The number of aromatic hydroxyl groups is 1. The highest BCUT2D eigenvalue weighted by atomic mass is 79.9. The molecule has 0 saturated heterocycles. The Hall–Kier alpha value is -1.88. The molecule has 4 nitrogen and oxygen atoms in total. The zero-order chi connectivity index (χ0) is 18.0. The van der Waals surface area contributed by atoms with Crippen molar-refractivity contribution < 1.29 is 14.7 Å². The van der Waals surface area contributed by atoms with Crippen molar-refractivity contribution in [3.8, 4) is 5.75 Å². The first-order valence-corrected chi connectivity index (χ1v) is 9.66. The highest BCUT2D eigenvalue weighted by Crippen LogP contribution is 2.39. The summed E-state index contributed by atoms with van der Waals surface area (Å²) in [5.41, 5.74) is 0.927. The van der Waals surface area contributed by atoms with Crippen LogP contribution >= 0.6 is 15.9 Å². The van der Waals surface area contributed by atoms with E-state index in [0.29, 0.717) is 32.9 Å². The Morgan fingerprint density at radius 1 is 1.00 bits per heavy atom. The molecular formula is C20H22BrNO3. The molecule has 0 aromatic heterocycles. The fourth-order valence-electron chi connectivity index (χ4n) is 3.42. The van der Waals surface area contributed by atoms with Crippen LogP contribution in [0.2, 0.25) is 0 Å². The van der Waals surface area contributed by atoms with E-state index in [1.807, 2.05) is 0 Å². The number of carbonyl (C=O) groups excluding carboxylic acids is 2. The van der Waals surface area contributed by atoms with E-state index in [2.05, 4.69) is 22.9 Å². The molecule has 0 aliphatic carbocycles. The lowest BCUT2D eigenvalue weighted by atomic mass is 9.93. The number of rotatable bonds is 7. The van der Waals surface area contributed by atoms with Gasteiger partial charge in [-0.1, -0.05) is 51.2 Å². The first kappa shape index (κ1) is 17.9. The van der Waals surface area contributed by atoms with Gasteiger partial charge >= 0.3 is 0 Å². The van der Waals surface area contributed by atoms with Gasteiger partial charge in [0, 0.05) is 22.9 Å². The molecule has 0 bridgehead atoms. The van der Waals surface area contributed by atoms with Crippen LogP contribution in [0.3, 0.4) is 0 Å². The average molecular weight is 404 g/mol. The van der Waals surface area contributed by atoms with Crippen LogP contribution in [0.25, 0.3) is 10.8 Å². The molecule has 1 heterocycles. The first-order chi connectivity index (χ1) is 12.1.